The molecule has 1 fully saturated rings. The van der Waals surface area contributed by atoms with Crippen LogP contribution in [0.3, 0.4) is 0 Å². The Bertz CT molecular complexity index is 420. The lowest BCUT2D eigenvalue weighted by Crippen LogP contribution is -2.38. The summed E-state index contributed by atoms with van der Waals surface area (Å²) < 4.78 is 5.22. The minimum absolute atomic E-state index is 0.158. The van der Waals surface area contributed by atoms with E-state index in [1.807, 2.05) is 0 Å². The number of carbonyl (C=O) groups excluding carboxylic acids is 1. The highest BCUT2D eigenvalue weighted by molar-refractivity contribution is 6.41. The Balaban J connectivity index is 2.01. The van der Waals surface area contributed by atoms with Crippen molar-refractivity contribution in [2.75, 3.05) is 13.2 Å². The van der Waals surface area contributed by atoms with Crippen LogP contribution in [0.2, 0.25) is 10.2 Å². The average molecular weight is 275 g/mol. The van der Waals surface area contributed by atoms with Crippen molar-refractivity contribution in [1.29, 1.82) is 0 Å². The van der Waals surface area contributed by atoms with Gasteiger partial charge in [0.2, 0.25) is 0 Å². The molecule has 0 unspecified atom stereocenters. The summed E-state index contributed by atoms with van der Waals surface area (Å²) >= 11 is 11.5. The Labute approximate surface area is 109 Å². The summed E-state index contributed by atoms with van der Waals surface area (Å²) in [4.78, 5) is 15.7. The predicted octanol–water partition coefficient (Wildman–Crippen LogP) is 2.30. The lowest BCUT2D eigenvalue weighted by molar-refractivity contribution is 0.0696. The molecule has 0 aromatic carbocycles. The van der Waals surface area contributed by atoms with Crippen molar-refractivity contribution in [3.8, 4) is 0 Å². The van der Waals surface area contributed by atoms with Crippen LogP contribution >= 0.6 is 23.2 Å². The fourth-order valence-electron chi connectivity index (χ4n) is 1.66. The summed E-state index contributed by atoms with van der Waals surface area (Å²) in [6.07, 6.45) is 3.09. The van der Waals surface area contributed by atoms with Crippen molar-refractivity contribution >= 4 is 29.1 Å². The number of amides is 1. The number of nitrogens with zero attached hydrogens (tertiary/aromatic N) is 1. The Morgan fingerprint density at radius 2 is 2.12 bits per heavy atom. The number of nitrogens with one attached hydrogen (secondary N) is 1. The minimum atomic E-state index is -0.178. The predicted molar refractivity (Wildman–Crippen MR) is 65.6 cm³/mol. The van der Waals surface area contributed by atoms with Crippen LogP contribution < -0.4 is 5.32 Å². The van der Waals surface area contributed by atoms with Gasteiger partial charge < -0.3 is 10.1 Å². The third-order valence-electron chi connectivity index (χ3n) is 2.61. The van der Waals surface area contributed by atoms with Crippen LogP contribution in [0.15, 0.2) is 12.3 Å². The summed E-state index contributed by atoms with van der Waals surface area (Å²) in [7, 11) is 0. The number of aromatic nitrogens is 1. The molecule has 1 aromatic rings. The molecular formula is C11H12Cl2N2O2. The average Bonchev–Trinajstić information content (AvgIpc) is 2.34. The summed E-state index contributed by atoms with van der Waals surface area (Å²) in [5.41, 5.74) is 0.422. The van der Waals surface area contributed by atoms with E-state index in [9.17, 15) is 4.79 Å². The Hall–Kier alpha value is -0.840. The number of hydrogen-bond acceptors (Lipinski definition) is 3. The van der Waals surface area contributed by atoms with Gasteiger partial charge in [0.1, 0.15) is 5.15 Å². The van der Waals surface area contributed by atoms with E-state index in [1.54, 1.807) is 0 Å². The summed E-state index contributed by atoms with van der Waals surface area (Å²) in [5.74, 6) is -0.178. The van der Waals surface area contributed by atoms with E-state index in [0.29, 0.717) is 18.8 Å². The van der Waals surface area contributed by atoms with Gasteiger partial charge >= 0.3 is 0 Å². The lowest BCUT2D eigenvalue weighted by Gasteiger charge is -2.23. The van der Waals surface area contributed by atoms with Gasteiger partial charge in [0.25, 0.3) is 5.91 Å². The van der Waals surface area contributed by atoms with Crippen LogP contribution in [0.1, 0.15) is 23.2 Å². The normalized spacial score (nSPS) is 16.8. The first-order chi connectivity index (χ1) is 8.16. The molecule has 1 aromatic heterocycles. The number of ether oxygens (including phenoxy) is 1. The summed E-state index contributed by atoms with van der Waals surface area (Å²) in [5, 5.41) is 3.41. The molecule has 17 heavy (non-hydrogen) atoms. The molecule has 2 heterocycles. The van der Waals surface area contributed by atoms with Crippen LogP contribution in [0, 0.1) is 0 Å². The molecule has 92 valence electrons. The molecule has 0 atom stereocenters. The van der Waals surface area contributed by atoms with Crippen LogP contribution in [0.5, 0.6) is 0 Å². The van der Waals surface area contributed by atoms with Crippen LogP contribution in [0.4, 0.5) is 0 Å². The minimum Gasteiger partial charge on any atom is -0.381 e. The molecule has 0 bridgehead atoms. The van der Waals surface area contributed by atoms with Gasteiger partial charge in [0, 0.05) is 25.5 Å². The van der Waals surface area contributed by atoms with E-state index in [0.717, 1.165) is 12.8 Å². The second kappa shape index (κ2) is 5.67. The molecule has 1 amide bonds. The van der Waals surface area contributed by atoms with Crippen molar-refractivity contribution in [3.63, 3.8) is 0 Å². The van der Waals surface area contributed by atoms with Gasteiger partial charge in [-0.05, 0) is 18.9 Å². The zero-order chi connectivity index (χ0) is 12.3. The molecule has 0 aliphatic carbocycles. The van der Waals surface area contributed by atoms with E-state index < -0.39 is 0 Å². The number of halogens is 2. The summed E-state index contributed by atoms with van der Waals surface area (Å²) in [6, 6.07) is 1.68. The van der Waals surface area contributed by atoms with Gasteiger partial charge in [-0.1, -0.05) is 23.2 Å². The lowest BCUT2D eigenvalue weighted by atomic mass is 10.1. The van der Waals surface area contributed by atoms with Crippen molar-refractivity contribution in [2.45, 2.75) is 18.9 Å². The number of rotatable bonds is 2. The van der Waals surface area contributed by atoms with E-state index >= 15 is 0 Å². The smallest absolute Gasteiger partial charge is 0.253 e. The standard InChI is InChI=1S/C11H12Cl2N2O2/c12-9-5-7(6-14-10(9)13)11(16)15-8-1-3-17-4-2-8/h5-6,8H,1-4H2,(H,15,16). The molecule has 0 radical (unpaired) electrons. The highest BCUT2D eigenvalue weighted by Gasteiger charge is 2.17. The molecule has 0 saturated carbocycles. The second-order valence-electron chi connectivity index (χ2n) is 3.86. The maximum absolute atomic E-state index is 11.9. The molecule has 1 aliphatic heterocycles. The molecule has 6 heteroatoms. The highest BCUT2D eigenvalue weighted by atomic mass is 35.5. The fourth-order valence-corrected chi connectivity index (χ4v) is 1.93. The second-order valence-corrected chi connectivity index (χ2v) is 4.62. The zero-order valence-electron chi connectivity index (χ0n) is 9.08. The van der Waals surface area contributed by atoms with E-state index in [-0.39, 0.29) is 22.1 Å². The van der Waals surface area contributed by atoms with Crippen molar-refractivity contribution < 1.29 is 9.53 Å². The molecule has 2 rings (SSSR count). The number of carbonyl (C=O) groups is 1. The highest BCUT2D eigenvalue weighted by Crippen LogP contribution is 2.19. The van der Waals surface area contributed by atoms with Gasteiger partial charge in [0.05, 0.1) is 10.6 Å². The molecule has 1 N–H and O–H groups in total. The van der Waals surface area contributed by atoms with Crippen molar-refractivity contribution in [3.05, 3.63) is 28.0 Å². The van der Waals surface area contributed by atoms with Crippen molar-refractivity contribution in [2.24, 2.45) is 0 Å². The van der Waals surface area contributed by atoms with E-state index in [1.165, 1.54) is 12.3 Å². The first kappa shape index (κ1) is 12.6. The summed E-state index contributed by atoms with van der Waals surface area (Å²) in [6.45, 7) is 1.37. The van der Waals surface area contributed by atoms with Crippen molar-refractivity contribution in [1.82, 2.24) is 10.3 Å². The zero-order valence-corrected chi connectivity index (χ0v) is 10.6. The molecular weight excluding hydrogens is 263 g/mol. The molecule has 4 nitrogen and oxygen atoms in total. The molecule has 1 aliphatic rings. The number of hydrogen-bond donors (Lipinski definition) is 1. The van der Waals surface area contributed by atoms with Gasteiger partial charge in [0.15, 0.2) is 0 Å². The fraction of sp³-hybridized carbons (Fsp3) is 0.455. The van der Waals surface area contributed by atoms with E-state index in [2.05, 4.69) is 10.3 Å². The van der Waals surface area contributed by atoms with Gasteiger partial charge in [-0.15, -0.1) is 0 Å². The van der Waals surface area contributed by atoms with Gasteiger partial charge in [-0.3, -0.25) is 4.79 Å². The quantitative estimate of drug-likeness (QED) is 0.842. The third-order valence-corrected chi connectivity index (χ3v) is 3.30. The van der Waals surface area contributed by atoms with E-state index in [4.69, 9.17) is 27.9 Å². The molecule has 0 spiro atoms. The maximum atomic E-state index is 11.9. The monoisotopic (exact) mass is 274 g/mol. The van der Waals surface area contributed by atoms with Crippen LogP contribution in [-0.2, 0) is 4.74 Å². The Morgan fingerprint density at radius 1 is 1.41 bits per heavy atom. The van der Waals surface area contributed by atoms with Crippen LogP contribution in [0.25, 0.3) is 0 Å². The van der Waals surface area contributed by atoms with Gasteiger partial charge in [-0.2, -0.15) is 0 Å². The SMILES string of the molecule is O=C(NC1CCOCC1)c1cnc(Cl)c(Cl)c1. The molecule has 1 saturated heterocycles. The van der Waals surface area contributed by atoms with Gasteiger partial charge in [-0.25, -0.2) is 4.98 Å². The Kier molecular flexibility index (Phi) is 4.20. The first-order valence-corrected chi connectivity index (χ1v) is 6.12. The largest absolute Gasteiger partial charge is 0.381 e. The van der Waals surface area contributed by atoms with Crippen LogP contribution in [-0.4, -0.2) is 30.1 Å². The first-order valence-electron chi connectivity index (χ1n) is 5.36. The number of pyridine rings is 1. The topological polar surface area (TPSA) is 51.2 Å². The maximum Gasteiger partial charge on any atom is 0.253 e. The Morgan fingerprint density at radius 3 is 2.76 bits per heavy atom. The third kappa shape index (κ3) is 3.31.